The highest BCUT2D eigenvalue weighted by molar-refractivity contribution is 5.29. The fourth-order valence-electron chi connectivity index (χ4n) is 3.55. The normalized spacial score (nSPS) is 33.7. The molecule has 1 N–H and O–H groups in total. The molecule has 2 fully saturated rings. The molecule has 3 unspecified atom stereocenters. The standard InChI is InChI=1S/C15H21N/c1-11-5-2-3-7-13(11)15-10-9-12-6-4-8-14(12)16-15/h2-3,5,7,12,14-16H,4,6,8-10H2,1H3. The van der Waals surface area contributed by atoms with Crippen molar-refractivity contribution in [1.29, 1.82) is 0 Å². The van der Waals surface area contributed by atoms with Crippen molar-refractivity contribution in [3.63, 3.8) is 0 Å². The topological polar surface area (TPSA) is 12.0 Å². The lowest BCUT2D eigenvalue weighted by Gasteiger charge is -2.34. The molecule has 1 saturated heterocycles. The Morgan fingerprint density at radius 3 is 2.81 bits per heavy atom. The Labute approximate surface area is 98.3 Å². The lowest BCUT2D eigenvalue weighted by Crippen LogP contribution is -2.40. The van der Waals surface area contributed by atoms with Gasteiger partial charge < -0.3 is 5.32 Å². The second kappa shape index (κ2) is 4.21. The zero-order valence-electron chi connectivity index (χ0n) is 10.1. The van der Waals surface area contributed by atoms with Gasteiger partial charge in [0, 0.05) is 12.1 Å². The molecular formula is C15H21N. The monoisotopic (exact) mass is 215 g/mol. The van der Waals surface area contributed by atoms with Crippen LogP contribution in [0.4, 0.5) is 0 Å². The van der Waals surface area contributed by atoms with E-state index in [0.717, 1.165) is 12.0 Å². The van der Waals surface area contributed by atoms with Crippen LogP contribution in [-0.4, -0.2) is 6.04 Å². The van der Waals surface area contributed by atoms with Crippen LogP contribution in [0.15, 0.2) is 24.3 Å². The summed E-state index contributed by atoms with van der Waals surface area (Å²) in [5, 5.41) is 3.87. The third-order valence-electron chi connectivity index (χ3n) is 4.46. The van der Waals surface area contributed by atoms with Crippen molar-refractivity contribution >= 4 is 0 Å². The SMILES string of the molecule is Cc1ccccc1C1CCC2CCCC2N1. The lowest BCUT2D eigenvalue weighted by atomic mass is 9.86. The molecule has 0 radical (unpaired) electrons. The van der Waals surface area contributed by atoms with E-state index in [1.54, 1.807) is 0 Å². The molecule has 1 aliphatic heterocycles. The van der Waals surface area contributed by atoms with Crippen LogP contribution >= 0.6 is 0 Å². The number of hydrogen-bond acceptors (Lipinski definition) is 1. The molecule has 2 aliphatic rings. The van der Waals surface area contributed by atoms with Gasteiger partial charge in [-0.15, -0.1) is 0 Å². The molecule has 0 aromatic heterocycles. The predicted molar refractivity (Wildman–Crippen MR) is 67.4 cm³/mol. The first-order valence-corrected chi connectivity index (χ1v) is 6.66. The maximum atomic E-state index is 3.87. The molecule has 86 valence electrons. The van der Waals surface area contributed by atoms with E-state index in [2.05, 4.69) is 36.5 Å². The minimum Gasteiger partial charge on any atom is -0.307 e. The quantitative estimate of drug-likeness (QED) is 0.755. The van der Waals surface area contributed by atoms with Crippen molar-refractivity contribution in [2.24, 2.45) is 5.92 Å². The van der Waals surface area contributed by atoms with Crippen molar-refractivity contribution in [2.45, 2.75) is 51.1 Å². The molecule has 1 aliphatic carbocycles. The Morgan fingerprint density at radius 2 is 1.94 bits per heavy atom. The number of hydrogen-bond donors (Lipinski definition) is 1. The first kappa shape index (κ1) is 10.3. The van der Waals surface area contributed by atoms with Gasteiger partial charge in [-0.2, -0.15) is 0 Å². The van der Waals surface area contributed by atoms with E-state index in [-0.39, 0.29) is 0 Å². The molecule has 3 atom stereocenters. The summed E-state index contributed by atoms with van der Waals surface area (Å²) in [5.41, 5.74) is 2.96. The van der Waals surface area contributed by atoms with Gasteiger partial charge in [0.15, 0.2) is 0 Å². The number of aryl methyl sites for hydroxylation is 1. The van der Waals surface area contributed by atoms with E-state index < -0.39 is 0 Å². The van der Waals surface area contributed by atoms with E-state index in [4.69, 9.17) is 0 Å². The predicted octanol–water partition coefficient (Wildman–Crippen LogP) is 3.59. The molecule has 1 saturated carbocycles. The fourth-order valence-corrected chi connectivity index (χ4v) is 3.55. The van der Waals surface area contributed by atoms with E-state index in [9.17, 15) is 0 Å². The number of fused-ring (bicyclic) bond motifs is 1. The van der Waals surface area contributed by atoms with Crippen LogP contribution in [-0.2, 0) is 0 Å². The van der Waals surface area contributed by atoms with Gasteiger partial charge in [0.2, 0.25) is 0 Å². The molecule has 0 spiro atoms. The van der Waals surface area contributed by atoms with E-state index in [0.29, 0.717) is 6.04 Å². The third-order valence-corrected chi connectivity index (χ3v) is 4.46. The van der Waals surface area contributed by atoms with Crippen LogP contribution in [0.3, 0.4) is 0 Å². The van der Waals surface area contributed by atoms with Crippen molar-refractivity contribution < 1.29 is 0 Å². The Balaban J connectivity index is 1.79. The molecule has 1 aromatic rings. The minimum absolute atomic E-state index is 0.612. The first-order chi connectivity index (χ1) is 7.84. The third kappa shape index (κ3) is 1.78. The Morgan fingerprint density at radius 1 is 1.06 bits per heavy atom. The molecule has 16 heavy (non-hydrogen) atoms. The zero-order chi connectivity index (χ0) is 11.0. The number of benzene rings is 1. The van der Waals surface area contributed by atoms with Crippen LogP contribution in [0.2, 0.25) is 0 Å². The van der Waals surface area contributed by atoms with E-state index in [1.165, 1.54) is 43.2 Å². The van der Waals surface area contributed by atoms with Gasteiger partial charge in [-0.05, 0) is 49.7 Å². The van der Waals surface area contributed by atoms with E-state index in [1.807, 2.05) is 0 Å². The zero-order valence-corrected chi connectivity index (χ0v) is 10.1. The van der Waals surface area contributed by atoms with Crippen molar-refractivity contribution in [2.75, 3.05) is 0 Å². The van der Waals surface area contributed by atoms with Gasteiger partial charge in [0.25, 0.3) is 0 Å². The number of rotatable bonds is 1. The second-order valence-corrected chi connectivity index (χ2v) is 5.45. The highest BCUT2D eigenvalue weighted by Gasteiger charge is 2.33. The Hall–Kier alpha value is -0.820. The molecule has 3 rings (SSSR count). The van der Waals surface area contributed by atoms with Crippen LogP contribution < -0.4 is 5.32 Å². The average molecular weight is 215 g/mol. The fraction of sp³-hybridized carbons (Fsp3) is 0.600. The largest absolute Gasteiger partial charge is 0.307 e. The smallest absolute Gasteiger partial charge is 0.0325 e. The molecule has 0 bridgehead atoms. The number of piperidine rings is 1. The summed E-state index contributed by atoms with van der Waals surface area (Å²) in [6.07, 6.45) is 7.04. The van der Waals surface area contributed by atoms with Crippen LogP contribution in [0.1, 0.15) is 49.3 Å². The van der Waals surface area contributed by atoms with Gasteiger partial charge in [0.1, 0.15) is 0 Å². The van der Waals surface area contributed by atoms with Gasteiger partial charge in [-0.3, -0.25) is 0 Å². The summed E-state index contributed by atoms with van der Waals surface area (Å²) < 4.78 is 0. The summed E-state index contributed by atoms with van der Waals surface area (Å²) in [7, 11) is 0. The average Bonchev–Trinajstić information content (AvgIpc) is 2.76. The molecule has 1 heterocycles. The summed E-state index contributed by atoms with van der Waals surface area (Å²) >= 11 is 0. The summed E-state index contributed by atoms with van der Waals surface area (Å²) in [4.78, 5) is 0. The van der Waals surface area contributed by atoms with Crippen molar-refractivity contribution in [3.05, 3.63) is 35.4 Å². The lowest BCUT2D eigenvalue weighted by molar-refractivity contribution is 0.260. The molecule has 1 nitrogen and oxygen atoms in total. The Kier molecular flexibility index (Phi) is 2.72. The van der Waals surface area contributed by atoms with Crippen LogP contribution in [0.5, 0.6) is 0 Å². The van der Waals surface area contributed by atoms with Gasteiger partial charge in [0.05, 0.1) is 0 Å². The van der Waals surface area contributed by atoms with Gasteiger partial charge >= 0.3 is 0 Å². The molecule has 1 aromatic carbocycles. The highest BCUT2D eigenvalue weighted by atomic mass is 15.0. The molecule has 0 amide bonds. The summed E-state index contributed by atoms with van der Waals surface area (Å²) in [6.45, 7) is 2.23. The highest BCUT2D eigenvalue weighted by Crippen LogP contribution is 2.38. The van der Waals surface area contributed by atoms with Crippen LogP contribution in [0.25, 0.3) is 0 Å². The minimum atomic E-state index is 0.612. The van der Waals surface area contributed by atoms with Gasteiger partial charge in [-0.25, -0.2) is 0 Å². The molecule has 1 heteroatoms. The van der Waals surface area contributed by atoms with Gasteiger partial charge in [-0.1, -0.05) is 30.7 Å². The van der Waals surface area contributed by atoms with Crippen molar-refractivity contribution in [3.8, 4) is 0 Å². The molecular weight excluding hydrogens is 194 g/mol. The Bertz CT molecular complexity index is 371. The second-order valence-electron chi connectivity index (χ2n) is 5.45. The van der Waals surface area contributed by atoms with Crippen LogP contribution in [0, 0.1) is 12.8 Å². The van der Waals surface area contributed by atoms with E-state index >= 15 is 0 Å². The maximum absolute atomic E-state index is 3.87. The first-order valence-electron chi connectivity index (χ1n) is 6.66. The summed E-state index contributed by atoms with van der Waals surface area (Å²) in [6, 6.07) is 10.3. The maximum Gasteiger partial charge on any atom is 0.0325 e. The van der Waals surface area contributed by atoms with Crippen molar-refractivity contribution in [1.82, 2.24) is 5.32 Å². The number of nitrogens with one attached hydrogen (secondary N) is 1. The summed E-state index contributed by atoms with van der Waals surface area (Å²) in [5.74, 6) is 0.972.